The van der Waals surface area contributed by atoms with Gasteiger partial charge in [0.05, 0.1) is 27.0 Å². The minimum atomic E-state index is -0.864. The SMILES string of the molecule is Nc1nc2c(-c3cc4nc(OC[C@@]56CCCN5C[C@H](F)C6)nc(N5C6CCC5CNC6)c4c(=O)[nH]3)ccc(F)c2s1. The van der Waals surface area contributed by atoms with Gasteiger partial charge in [-0.05, 0) is 50.4 Å². The summed E-state index contributed by atoms with van der Waals surface area (Å²) < 4.78 is 35.5. The van der Waals surface area contributed by atoms with Gasteiger partial charge < -0.3 is 25.7 Å². The van der Waals surface area contributed by atoms with Gasteiger partial charge in [-0.25, -0.2) is 13.8 Å². The summed E-state index contributed by atoms with van der Waals surface area (Å²) in [7, 11) is 0. The second-order valence-corrected chi connectivity index (χ2v) is 12.8. The van der Waals surface area contributed by atoms with Crippen molar-refractivity contribution in [2.24, 2.45) is 0 Å². The van der Waals surface area contributed by atoms with E-state index in [2.05, 4.69) is 25.1 Å². The van der Waals surface area contributed by atoms with E-state index in [1.807, 2.05) is 0 Å². The van der Waals surface area contributed by atoms with Crippen molar-refractivity contribution in [3.05, 3.63) is 34.4 Å². The lowest BCUT2D eigenvalue weighted by Gasteiger charge is -2.36. The maximum atomic E-state index is 14.5. The number of fused-ring (bicyclic) bond motifs is 5. The third kappa shape index (κ3) is 4.00. The van der Waals surface area contributed by atoms with Gasteiger partial charge >= 0.3 is 6.01 Å². The number of hydrogen-bond donors (Lipinski definition) is 3. The number of benzene rings is 1. The number of piperazine rings is 1. The number of H-pyrrole nitrogens is 1. The Hall–Kier alpha value is -3.42. The highest BCUT2D eigenvalue weighted by Crippen LogP contribution is 2.41. The fourth-order valence-electron chi connectivity index (χ4n) is 7.50. The van der Waals surface area contributed by atoms with Crippen molar-refractivity contribution in [2.45, 2.75) is 55.9 Å². The third-order valence-corrected chi connectivity index (χ3v) is 10.2. The van der Waals surface area contributed by atoms with E-state index in [-0.39, 0.29) is 34.3 Å². The summed E-state index contributed by atoms with van der Waals surface area (Å²) in [5, 5.41) is 4.11. The largest absolute Gasteiger partial charge is 0.461 e. The van der Waals surface area contributed by atoms with E-state index < -0.39 is 12.0 Å². The fraction of sp³-hybridized carbons (Fsp3) is 0.500. The van der Waals surface area contributed by atoms with Crippen molar-refractivity contribution in [1.82, 2.24) is 30.2 Å². The van der Waals surface area contributed by atoms with E-state index in [4.69, 9.17) is 20.4 Å². The van der Waals surface area contributed by atoms with Crippen molar-refractivity contribution >= 4 is 43.4 Å². The molecule has 4 fully saturated rings. The molecule has 0 aliphatic carbocycles. The topological polar surface area (TPSA) is 125 Å². The maximum absolute atomic E-state index is 14.5. The third-order valence-electron chi connectivity index (χ3n) is 9.31. The zero-order valence-corrected chi connectivity index (χ0v) is 23.1. The normalized spacial score (nSPS) is 27.8. The summed E-state index contributed by atoms with van der Waals surface area (Å²) in [6.45, 7) is 3.21. The number of nitrogens with one attached hydrogen (secondary N) is 2. The number of nitrogens with two attached hydrogens (primary N) is 1. The van der Waals surface area contributed by atoms with Gasteiger partial charge in [0.25, 0.3) is 5.56 Å². The minimum Gasteiger partial charge on any atom is -0.461 e. The summed E-state index contributed by atoms with van der Waals surface area (Å²) >= 11 is 1.06. The second-order valence-electron chi connectivity index (χ2n) is 11.7. The minimum absolute atomic E-state index is 0.174. The van der Waals surface area contributed by atoms with E-state index >= 15 is 0 Å². The lowest BCUT2D eigenvalue weighted by atomic mass is 9.95. The first-order valence-corrected chi connectivity index (χ1v) is 15.0. The predicted octanol–water partition coefficient (Wildman–Crippen LogP) is 3.21. The van der Waals surface area contributed by atoms with Crippen LogP contribution in [0.5, 0.6) is 6.01 Å². The van der Waals surface area contributed by atoms with Crippen LogP contribution in [0, 0.1) is 5.82 Å². The number of hydrogen-bond acceptors (Lipinski definition) is 10. The van der Waals surface area contributed by atoms with Crippen molar-refractivity contribution in [3.8, 4) is 17.3 Å². The summed E-state index contributed by atoms with van der Waals surface area (Å²) in [6.07, 6.45) is 3.47. The Labute approximate surface area is 237 Å². The van der Waals surface area contributed by atoms with Crippen molar-refractivity contribution in [2.75, 3.05) is 43.4 Å². The number of nitrogen functional groups attached to an aromatic ring is 1. The van der Waals surface area contributed by atoms with Crippen LogP contribution in [0.2, 0.25) is 0 Å². The van der Waals surface area contributed by atoms with E-state index in [0.717, 1.165) is 56.7 Å². The van der Waals surface area contributed by atoms with E-state index in [1.54, 1.807) is 12.1 Å². The molecule has 4 aromatic rings. The Morgan fingerprint density at radius 1 is 1.20 bits per heavy atom. The lowest BCUT2D eigenvalue weighted by Crippen LogP contribution is -2.52. The standard InChI is InChI=1S/C28H30F2N8O2S/c29-14-9-28(6-1-7-37(28)12-14)13-40-27-34-20-8-19(17-4-5-18(30)23-22(17)35-26(31)41-23)33-25(39)21(20)24(36-27)38-15-2-3-16(38)11-32-10-15/h4-5,8,14-16,32H,1-3,6-7,9-13H2,(H2,31,35)(H,33,39)/t14-,15?,16?,28+/m1/s1. The Bertz CT molecular complexity index is 1730. The van der Waals surface area contributed by atoms with Crippen molar-refractivity contribution in [3.63, 3.8) is 0 Å². The molecule has 4 aliphatic rings. The first-order chi connectivity index (χ1) is 19.9. The highest BCUT2D eigenvalue weighted by Gasteiger charge is 2.49. The van der Waals surface area contributed by atoms with Crippen molar-refractivity contribution < 1.29 is 13.5 Å². The average Bonchev–Trinajstić information content (AvgIpc) is 3.66. The summed E-state index contributed by atoms with van der Waals surface area (Å²) in [6, 6.07) is 5.30. The predicted molar refractivity (Wildman–Crippen MR) is 154 cm³/mol. The molecule has 7 heterocycles. The summed E-state index contributed by atoms with van der Waals surface area (Å²) in [5.41, 5.74) is 7.04. The number of pyridine rings is 1. The highest BCUT2D eigenvalue weighted by molar-refractivity contribution is 7.22. The van der Waals surface area contributed by atoms with Gasteiger partial charge in [0.2, 0.25) is 0 Å². The number of thiazole rings is 1. The molecule has 0 radical (unpaired) electrons. The molecule has 3 aromatic heterocycles. The number of aromatic nitrogens is 4. The number of halogens is 2. The number of alkyl halides is 1. The van der Waals surface area contributed by atoms with Crippen LogP contribution in [-0.4, -0.2) is 81.4 Å². The quantitative estimate of drug-likeness (QED) is 0.326. The van der Waals surface area contributed by atoms with Crippen LogP contribution in [-0.2, 0) is 0 Å². The van der Waals surface area contributed by atoms with Gasteiger partial charge in [0.15, 0.2) is 5.13 Å². The van der Waals surface area contributed by atoms with Gasteiger partial charge in [-0.3, -0.25) is 9.69 Å². The second kappa shape index (κ2) is 9.30. The monoisotopic (exact) mass is 580 g/mol. The Morgan fingerprint density at radius 2 is 2.02 bits per heavy atom. The van der Waals surface area contributed by atoms with E-state index in [0.29, 0.717) is 57.8 Å². The molecule has 2 unspecified atom stereocenters. The van der Waals surface area contributed by atoms with Crippen LogP contribution < -0.4 is 26.2 Å². The van der Waals surface area contributed by atoms with Gasteiger partial charge in [0.1, 0.15) is 29.8 Å². The average molecular weight is 581 g/mol. The first-order valence-electron chi connectivity index (χ1n) is 14.2. The number of ether oxygens (including phenoxy) is 1. The Morgan fingerprint density at radius 3 is 2.85 bits per heavy atom. The molecular formula is C28H30F2N8O2S. The number of nitrogens with zero attached hydrogens (tertiary/aromatic N) is 5. The zero-order valence-electron chi connectivity index (χ0n) is 22.3. The molecule has 0 amide bonds. The van der Waals surface area contributed by atoms with Crippen LogP contribution in [0.4, 0.5) is 19.7 Å². The molecular weight excluding hydrogens is 550 g/mol. The smallest absolute Gasteiger partial charge is 0.319 e. The molecule has 4 N–H and O–H groups in total. The van der Waals surface area contributed by atoms with Gasteiger partial charge in [-0.15, -0.1) is 0 Å². The molecule has 214 valence electrons. The molecule has 41 heavy (non-hydrogen) atoms. The van der Waals surface area contributed by atoms with Crippen LogP contribution >= 0.6 is 11.3 Å². The zero-order chi connectivity index (χ0) is 27.9. The molecule has 4 aliphatic heterocycles. The van der Waals surface area contributed by atoms with Gasteiger partial charge in [0, 0.05) is 43.7 Å². The number of anilines is 2. The number of rotatable bonds is 5. The van der Waals surface area contributed by atoms with Gasteiger partial charge in [-0.2, -0.15) is 9.97 Å². The first kappa shape index (κ1) is 25.3. The fourth-order valence-corrected chi connectivity index (χ4v) is 8.27. The van der Waals surface area contributed by atoms with Crippen LogP contribution in [0.3, 0.4) is 0 Å². The highest BCUT2D eigenvalue weighted by atomic mass is 32.1. The Kier molecular flexibility index (Phi) is 5.74. The van der Waals surface area contributed by atoms with Crippen LogP contribution in [0.1, 0.15) is 32.1 Å². The Balaban J connectivity index is 1.26. The van der Waals surface area contributed by atoms with E-state index in [9.17, 15) is 13.6 Å². The molecule has 0 spiro atoms. The molecule has 0 saturated carbocycles. The molecule has 4 atom stereocenters. The maximum Gasteiger partial charge on any atom is 0.319 e. The molecule has 2 bridgehead atoms. The van der Waals surface area contributed by atoms with Gasteiger partial charge in [-0.1, -0.05) is 11.3 Å². The van der Waals surface area contributed by atoms with Crippen molar-refractivity contribution in [1.29, 1.82) is 0 Å². The summed E-state index contributed by atoms with van der Waals surface area (Å²) in [4.78, 5) is 35.1. The lowest BCUT2D eigenvalue weighted by molar-refractivity contribution is 0.107. The molecule has 4 saturated heterocycles. The molecule has 1 aromatic carbocycles. The molecule has 8 rings (SSSR count). The number of aromatic amines is 1. The molecule has 10 nitrogen and oxygen atoms in total. The van der Waals surface area contributed by atoms with Crippen LogP contribution in [0.25, 0.3) is 32.4 Å². The van der Waals surface area contributed by atoms with E-state index in [1.165, 1.54) is 6.07 Å². The molecule has 13 heteroatoms. The summed E-state index contributed by atoms with van der Waals surface area (Å²) in [5.74, 6) is 0.142. The van der Waals surface area contributed by atoms with Crippen LogP contribution in [0.15, 0.2) is 23.0 Å².